The first-order valence-electron chi connectivity index (χ1n) is 9.22. The van der Waals surface area contributed by atoms with Gasteiger partial charge in [-0.05, 0) is 49.1 Å². The van der Waals surface area contributed by atoms with Crippen molar-refractivity contribution >= 4 is 28.2 Å². The Morgan fingerprint density at radius 1 is 1.15 bits per heavy atom. The number of hydrogen-bond donors (Lipinski definition) is 2. The van der Waals surface area contributed by atoms with Crippen LogP contribution in [0.4, 0.5) is 11.4 Å². The van der Waals surface area contributed by atoms with Gasteiger partial charge in [0.2, 0.25) is 5.88 Å². The van der Waals surface area contributed by atoms with Crippen LogP contribution in [0.3, 0.4) is 0 Å². The summed E-state index contributed by atoms with van der Waals surface area (Å²) in [7, 11) is 0. The Bertz CT molecular complexity index is 991. The van der Waals surface area contributed by atoms with Gasteiger partial charge in [-0.3, -0.25) is 4.79 Å². The number of fused-ring (bicyclic) bond motifs is 1. The highest BCUT2D eigenvalue weighted by Crippen LogP contribution is 2.36. The third-order valence-electron chi connectivity index (χ3n) is 4.98. The minimum atomic E-state index is -0.00836. The summed E-state index contributed by atoms with van der Waals surface area (Å²) in [6.07, 6.45) is 2.25. The number of likely N-dealkylation sites (tertiary alicyclic amines) is 1. The van der Waals surface area contributed by atoms with Crippen molar-refractivity contribution in [3.8, 4) is 5.88 Å². The van der Waals surface area contributed by atoms with Crippen LogP contribution in [-0.4, -0.2) is 34.0 Å². The highest BCUT2D eigenvalue weighted by Gasteiger charge is 2.21. The van der Waals surface area contributed by atoms with Crippen LogP contribution in [0.2, 0.25) is 0 Å². The molecule has 6 nitrogen and oxygen atoms in total. The summed E-state index contributed by atoms with van der Waals surface area (Å²) < 4.78 is 0. The molecular weight excluding hydrogens is 340 g/mol. The van der Waals surface area contributed by atoms with E-state index in [4.69, 9.17) is 0 Å². The summed E-state index contributed by atoms with van der Waals surface area (Å²) in [5.74, 6) is 0.616. The van der Waals surface area contributed by atoms with Crippen LogP contribution in [0.15, 0.2) is 58.8 Å². The SMILES string of the molecule is CC1CCCN(C(=O)c2ccc(N=Nc3c(O)[nH]c4ccccc34)cc2)C1. The second-order valence-electron chi connectivity index (χ2n) is 7.11. The molecule has 1 aliphatic heterocycles. The Hall–Kier alpha value is -3.15. The second kappa shape index (κ2) is 7.23. The Morgan fingerprint density at radius 3 is 2.70 bits per heavy atom. The molecule has 1 saturated heterocycles. The number of H-pyrrole nitrogens is 1. The zero-order chi connectivity index (χ0) is 18.8. The molecule has 2 N–H and O–H groups in total. The molecule has 4 rings (SSSR count). The number of piperidine rings is 1. The van der Waals surface area contributed by atoms with Crippen molar-refractivity contribution in [3.05, 3.63) is 54.1 Å². The number of aromatic amines is 1. The van der Waals surface area contributed by atoms with Crippen LogP contribution in [0.5, 0.6) is 5.88 Å². The minimum Gasteiger partial charge on any atom is -0.493 e. The molecule has 27 heavy (non-hydrogen) atoms. The summed E-state index contributed by atoms with van der Waals surface area (Å²) >= 11 is 0. The predicted octanol–water partition coefficient (Wildman–Crippen LogP) is 5.16. The standard InChI is InChI=1S/C21H22N4O2/c1-14-5-4-12-25(13-14)21(27)15-8-10-16(11-9-15)23-24-19-17-6-2-3-7-18(17)22-20(19)26/h2-3,6-11,14,22,26H,4-5,12-13H2,1H3. The maximum atomic E-state index is 12.6. The van der Waals surface area contributed by atoms with Gasteiger partial charge in [-0.1, -0.05) is 25.1 Å². The Balaban J connectivity index is 1.51. The highest BCUT2D eigenvalue weighted by atomic mass is 16.3. The average molecular weight is 362 g/mol. The molecule has 3 aromatic rings. The van der Waals surface area contributed by atoms with Gasteiger partial charge in [-0.2, -0.15) is 5.11 Å². The lowest BCUT2D eigenvalue weighted by molar-refractivity contribution is 0.0683. The molecule has 1 amide bonds. The molecule has 0 bridgehead atoms. The number of nitrogens with one attached hydrogen (secondary N) is 1. The Kier molecular flexibility index (Phi) is 4.62. The fourth-order valence-corrected chi connectivity index (χ4v) is 3.55. The first kappa shape index (κ1) is 17.3. The van der Waals surface area contributed by atoms with E-state index in [-0.39, 0.29) is 11.8 Å². The maximum Gasteiger partial charge on any atom is 0.253 e. The molecular formula is C21H22N4O2. The molecule has 1 aliphatic rings. The molecule has 1 aromatic heterocycles. The van der Waals surface area contributed by atoms with Crippen molar-refractivity contribution in [1.82, 2.24) is 9.88 Å². The van der Waals surface area contributed by atoms with Crippen LogP contribution in [0.1, 0.15) is 30.1 Å². The number of hydrogen-bond acceptors (Lipinski definition) is 4. The van der Waals surface area contributed by atoms with Crippen molar-refractivity contribution in [1.29, 1.82) is 0 Å². The summed E-state index contributed by atoms with van der Waals surface area (Å²) in [6, 6.07) is 14.6. The van der Waals surface area contributed by atoms with Crippen LogP contribution in [-0.2, 0) is 0 Å². The Labute approximate surface area is 157 Å². The topological polar surface area (TPSA) is 81.1 Å². The Morgan fingerprint density at radius 2 is 1.93 bits per heavy atom. The number of aromatic nitrogens is 1. The van der Waals surface area contributed by atoms with Gasteiger partial charge in [-0.15, -0.1) is 5.11 Å². The number of carbonyl (C=O) groups is 1. The molecule has 1 unspecified atom stereocenters. The summed E-state index contributed by atoms with van der Waals surface area (Å²) in [6.45, 7) is 3.83. The predicted molar refractivity (Wildman–Crippen MR) is 105 cm³/mol. The van der Waals surface area contributed by atoms with Crippen molar-refractivity contribution in [2.75, 3.05) is 13.1 Å². The highest BCUT2D eigenvalue weighted by molar-refractivity contribution is 5.95. The van der Waals surface area contributed by atoms with Crippen LogP contribution >= 0.6 is 0 Å². The van der Waals surface area contributed by atoms with Gasteiger partial charge in [-0.25, -0.2) is 0 Å². The smallest absolute Gasteiger partial charge is 0.253 e. The van der Waals surface area contributed by atoms with Crippen molar-refractivity contribution in [2.24, 2.45) is 16.1 Å². The zero-order valence-electron chi connectivity index (χ0n) is 15.2. The number of nitrogens with zero attached hydrogens (tertiary/aromatic N) is 3. The van der Waals surface area contributed by atoms with Crippen molar-refractivity contribution in [3.63, 3.8) is 0 Å². The monoisotopic (exact) mass is 362 g/mol. The molecule has 0 spiro atoms. The van der Waals surface area contributed by atoms with E-state index in [1.807, 2.05) is 29.2 Å². The lowest BCUT2D eigenvalue weighted by Gasteiger charge is -2.31. The van der Waals surface area contributed by atoms with Gasteiger partial charge in [0.25, 0.3) is 5.91 Å². The van der Waals surface area contributed by atoms with Crippen molar-refractivity contribution < 1.29 is 9.90 Å². The van der Waals surface area contributed by atoms with E-state index in [0.717, 1.165) is 30.4 Å². The molecule has 2 heterocycles. The summed E-state index contributed by atoms with van der Waals surface area (Å²) in [5, 5.41) is 19.2. The van der Waals surface area contributed by atoms with Crippen LogP contribution < -0.4 is 0 Å². The van der Waals surface area contributed by atoms with Gasteiger partial charge >= 0.3 is 0 Å². The molecule has 138 valence electrons. The number of para-hydroxylation sites is 1. The number of amides is 1. The van der Waals surface area contributed by atoms with E-state index in [1.54, 1.807) is 24.3 Å². The molecule has 2 aromatic carbocycles. The van der Waals surface area contributed by atoms with Crippen LogP contribution in [0, 0.1) is 5.92 Å². The van der Waals surface area contributed by atoms with E-state index in [1.165, 1.54) is 6.42 Å². The molecule has 6 heteroatoms. The van der Waals surface area contributed by atoms with E-state index in [0.29, 0.717) is 22.9 Å². The molecule has 0 saturated carbocycles. The fourth-order valence-electron chi connectivity index (χ4n) is 3.55. The number of rotatable bonds is 3. The first-order chi connectivity index (χ1) is 13.1. The van der Waals surface area contributed by atoms with Gasteiger partial charge in [0, 0.05) is 24.0 Å². The number of benzene rings is 2. The zero-order valence-corrected chi connectivity index (χ0v) is 15.2. The van der Waals surface area contributed by atoms with E-state index in [2.05, 4.69) is 22.1 Å². The summed E-state index contributed by atoms with van der Waals surface area (Å²) in [4.78, 5) is 17.4. The third kappa shape index (κ3) is 3.56. The van der Waals surface area contributed by atoms with E-state index in [9.17, 15) is 9.90 Å². The number of azo groups is 1. The largest absolute Gasteiger partial charge is 0.493 e. The lowest BCUT2D eigenvalue weighted by Crippen LogP contribution is -2.39. The first-order valence-corrected chi connectivity index (χ1v) is 9.22. The molecule has 1 fully saturated rings. The van der Waals surface area contributed by atoms with Gasteiger partial charge in [0.05, 0.1) is 11.2 Å². The summed E-state index contributed by atoms with van der Waals surface area (Å²) in [5.41, 5.74) is 2.51. The van der Waals surface area contributed by atoms with Gasteiger partial charge < -0.3 is 15.0 Å². The molecule has 0 aliphatic carbocycles. The normalized spacial score (nSPS) is 17.7. The fraction of sp³-hybridized carbons (Fsp3) is 0.286. The van der Waals surface area contributed by atoms with Gasteiger partial charge in [0.1, 0.15) is 0 Å². The second-order valence-corrected chi connectivity index (χ2v) is 7.11. The molecule has 0 radical (unpaired) electrons. The average Bonchev–Trinajstić information content (AvgIpc) is 3.01. The third-order valence-corrected chi connectivity index (χ3v) is 4.98. The van der Waals surface area contributed by atoms with E-state index < -0.39 is 0 Å². The quantitative estimate of drug-likeness (QED) is 0.631. The maximum absolute atomic E-state index is 12.6. The number of carbonyl (C=O) groups excluding carboxylic acids is 1. The van der Waals surface area contributed by atoms with Crippen LogP contribution in [0.25, 0.3) is 10.9 Å². The van der Waals surface area contributed by atoms with E-state index >= 15 is 0 Å². The minimum absolute atomic E-state index is 0.00836. The van der Waals surface area contributed by atoms with Gasteiger partial charge in [0.15, 0.2) is 5.69 Å². The molecule has 1 atom stereocenters. The number of aromatic hydroxyl groups is 1. The van der Waals surface area contributed by atoms with Crippen molar-refractivity contribution in [2.45, 2.75) is 19.8 Å². The lowest BCUT2D eigenvalue weighted by atomic mass is 9.99.